The van der Waals surface area contributed by atoms with Gasteiger partial charge in [-0.2, -0.15) is 0 Å². The normalized spacial score (nSPS) is 19.7. The number of fused-ring (bicyclic) bond motifs is 1. The zero-order valence-electron chi connectivity index (χ0n) is 10.0. The zero-order chi connectivity index (χ0) is 11.7. The van der Waals surface area contributed by atoms with E-state index >= 15 is 0 Å². The molecule has 2 aromatic rings. The van der Waals surface area contributed by atoms with E-state index in [2.05, 4.69) is 40.7 Å². The SMILES string of the molecule is Cc1ccc(N[C@@H]2CCNC2)c2cccnc12. The van der Waals surface area contributed by atoms with Gasteiger partial charge in [-0.05, 0) is 43.7 Å². The number of aromatic nitrogens is 1. The minimum atomic E-state index is 0.543. The van der Waals surface area contributed by atoms with Crippen molar-refractivity contribution in [3.8, 4) is 0 Å². The van der Waals surface area contributed by atoms with Crippen LogP contribution >= 0.6 is 0 Å². The van der Waals surface area contributed by atoms with Gasteiger partial charge in [-0.3, -0.25) is 4.98 Å². The molecule has 1 aliphatic heterocycles. The highest BCUT2D eigenvalue weighted by Gasteiger charge is 2.15. The maximum Gasteiger partial charge on any atom is 0.0751 e. The molecule has 2 heterocycles. The molecular weight excluding hydrogens is 210 g/mol. The fourth-order valence-corrected chi connectivity index (χ4v) is 2.44. The Morgan fingerprint density at radius 2 is 2.29 bits per heavy atom. The van der Waals surface area contributed by atoms with Gasteiger partial charge >= 0.3 is 0 Å². The van der Waals surface area contributed by atoms with E-state index < -0.39 is 0 Å². The van der Waals surface area contributed by atoms with Crippen molar-refractivity contribution >= 4 is 16.6 Å². The summed E-state index contributed by atoms with van der Waals surface area (Å²) < 4.78 is 0. The van der Waals surface area contributed by atoms with Crippen LogP contribution in [-0.2, 0) is 0 Å². The lowest BCUT2D eigenvalue weighted by molar-refractivity contribution is 0.794. The first-order chi connectivity index (χ1) is 8.34. The second-order valence-electron chi connectivity index (χ2n) is 4.66. The highest BCUT2D eigenvalue weighted by atomic mass is 15.0. The standard InChI is InChI=1S/C14H17N3/c1-10-4-5-13(17-11-6-8-15-9-11)12-3-2-7-16-14(10)12/h2-5,7,11,15,17H,6,8-9H2,1H3/t11-/m1/s1. The first-order valence-corrected chi connectivity index (χ1v) is 6.16. The quantitative estimate of drug-likeness (QED) is 0.826. The minimum Gasteiger partial charge on any atom is -0.380 e. The predicted octanol–water partition coefficient (Wildman–Crippen LogP) is 2.32. The van der Waals surface area contributed by atoms with E-state index in [4.69, 9.17) is 0 Å². The summed E-state index contributed by atoms with van der Waals surface area (Å²) in [5, 5.41) is 8.20. The van der Waals surface area contributed by atoms with Gasteiger partial charge in [0.05, 0.1) is 5.52 Å². The van der Waals surface area contributed by atoms with E-state index in [1.165, 1.54) is 23.1 Å². The Morgan fingerprint density at radius 3 is 3.12 bits per heavy atom. The number of hydrogen-bond acceptors (Lipinski definition) is 3. The molecule has 0 radical (unpaired) electrons. The van der Waals surface area contributed by atoms with Gasteiger partial charge in [0.2, 0.25) is 0 Å². The maximum atomic E-state index is 4.46. The Morgan fingerprint density at radius 1 is 1.35 bits per heavy atom. The smallest absolute Gasteiger partial charge is 0.0751 e. The average molecular weight is 227 g/mol. The number of nitrogens with zero attached hydrogens (tertiary/aromatic N) is 1. The fourth-order valence-electron chi connectivity index (χ4n) is 2.44. The maximum absolute atomic E-state index is 4.46. The van der Waals surface area contributed by atoms with E-state index in [0.29, 0.717) is 6.04 Å². The number of hydrogen-bond donors (Lipinski definition) is 2. The Balaban J connectivity index is 2.01. The molecule has 1 atom stereocenters. The van der Waals surface area contributed by atoms with Crippen LogP contribution < -0.4 is 10.6 Å². The van der Waals surface area contributed by atoms with E-state index in [1.807, 2.05) is 12.3 Å². The predicted molar refractivity (Wildman–Crippen MR) is 71.4 cm³/mol. The number of anilines is 1. The molecule has 1 fully saturated rings. The van der Waals surface area contributed by atoms with Crippen LogP contribution in [0.15, 0.2) is 30.5 Å². The van der Waals surface area contributed by atoms with Crippen LogP contribution in [-0.4, -0.2) is 24.1 Å². The summed E-state index contributed by atoms with van der Waals surface area (Å²) in [5.41, 5.74) is 3.53. The molecular formula is C14H17N3. The average Bonchev–Trinajstić information content (AvgIpc) is 2.86. The van der Waals surface area contributed by atoms with Gasteiger partial charge in [0.25, 0.3) is 0 Å². The van der Waals surface area contributed by atoms with Gasteiger partial charge < -0.3 is 10.6 Å². The molecule has 3 heteroatoms. The second-order valence-corrected chi connectivity index (χ2v) is 4.66. The van der Waals surface area contributed by atoms with Crippen LogP contribution in [0.2, 0.25) is 0 Å². The van der Waals surface area contributed by atoms with Crippen LogP contribution in [0.5, 0.6) is 0 Å². The molecule has 0 saturated carbocycles. The van der Waals surface area contributed by atoms with Crippen LogP contribution in [0.1, 0.15) is 12.0 Å². The highest BCUT2D eigenvalue weighted by Crippen LogP contribution is 2.25. The van der Waals surface area contributed by atoms with Gasteiger partial charge in [-0.15, -0.1) is 0 Å². The lowest BCUT2D eigenvalue weighted by Crippen LogP contribution is -2.22. The summed E-state index contributed by atoms with van der Waals surface area (Å²) in [5.74, 6) is 0. The lowest BCUT2D eigenvalue weighted by atomic mass is 10.1. The summed E-state index contributed by atoms with van der Waals surface area (Å²) in [6, 6.07) is 8.98. The third kappa shape index (κ3) is 1.98. The molecule has 2 N–H and O–H groups in total. The summed E-state index contributed by atoms with van der Waals surface area (Å²) in [6.45, 7) is 4.27. The first-order valence-electron chi connectivity index (χ1n) is 6.16. The number of aryl methyl sites for hydroxylation is 1. The third-order valence-electron chi connectivity index (χ3n) is 3.39. The number of benzene rings is 1. The second kappa shape index (κ2) is 4.34. The van der Waals surface area contributed by atoms with Gasteiger partial charge in [0.1, 0.15) is 0 Å². The van der Waals surface area contributed by atoms with Gasteiger partial charge in [0, 0.05) is 29.9 Å². The topological polar surface area (TPSA) is 37.0 Å². The van der Waals surface area contributed by atoms with E-state index in [0.717, 1.165) is 18.6 Å². The molecule has 17 heavy (non-hydrogen) atoms. The largest absolute Gasteiger partial charge is 0.380 e. The van der Waals surface area contributed by atoms with Crippen molar-refractivity contribution in [3.63, 3.8) is 0 Å². The summed E-state index contributed by atoms with van der Waals surface area (Å²) in [4.78, 5) is 4.46. The van der Waals surface area contributed by atoms with Crippen LogP contribution in [0.25, 0.3) is 10.9 Å². The van der Waals surface area contributed by atoms with Gasteiger partial charge in [-0.1, -0.05) is 6.07 Å². The van der Waals surface area contributed by atoms with Gasteiger partial charge in [0.15, 0.2) is 0 Å². The molecule has 0 bridgehead atoms. The molecule has 1 aromatic carbocycles. The van der Waals surface area contributed by atoms with E-state index in [-0.39, 0.29) is 0 Å². The molecule has 0 aliphatic carbocycles. The highest BCUT2D eigenvalue weighted by molar-refractivity contribution is 5.93. The molecule has 1 aliphatic rings. The van der Waals surface area contributed by atoms with Crippen molar-refractivity contribution in [1.82, 2.24) is 10.3 Å². The number of rotatable bonds is 2. The van der Waals surface area contributed by atoms with Gasteiger partial charge in [-0.25, -0.2) is 0 Å². The monoisotopic (exact) mass is 227 g/mol. The Hall–Kier alpha value is -1.61. The van der Waals surface area contributed by atoms with Crippen molar-refractivity contribution in [1.29, 1.82) is 0 Å². The van der Waals surface area contributed by atoms with Crippen molar-refractivity contribution < 1.29 is 0 Å². The summed E-state index contributed by atoms with van der Waals surface area (Å²) >= 11 is 0. The van der Waals surface area contributed by atoms with E-state index in [1.54, 1.807) is 0 Å². The van der Waals surface area contributed by atoms with Crippen molar-refractivity contribution in [2.75, 3.05) is 18.4 Å². The lowest BCUT2D eigenvalue weighted by Gasteiger charge is -2.15. The molecule has 0 unspecified atom stereocenters. The number of nitrogens with one attached hydrogen (secondary N) is 2. The minimum absolute atomic E-state index is 0.543. The van der Waals surface area contributed by atoms with Crippen molar-refractivity contribution in [3.05, 3.63) is 36.0 Å². The Bertz CT molecular complexity index is 530. The summed E-state index contributed by atoms with van der Waals surface area (Å²) in [7, 11) is 0. The van der Waals surface area contributed by atoms with Crippen molar-refractivity contribution in [2.24, 2.45) is 0 Å². The summed E-state index contributed by atoms with van der Waals surface area (Å²) in [6.07, 6.45) is 3.05. The fraction of sp³-hybridized carbons (Fsp3) is 0.357. The molecule has 88 valence electrons. The zero-order valence-corrected chi connectivity index (χ0v) is 10.0. The van der Waals surface area contributed by atoms with Crippen LogP contribution in [0.4, 0.5) is 5.69 Å². The first kappa shape index (κ1) is 10.5. The van der Waals surface area contributed by atoms with E-state index in [9.17, 15) is 0 Å². The van der Waals surface area contributed by atoms with Crippen molar-refractivity contribution in [2.45, 2.75) is 19.4 Å². The molecule has 0 amide bonds. The Kier molecular flexibility index (Phi) is 2.69. The van der Waals surface area contributed by atoms with Crippen LogP contribution in [0, 0.1) is 6.92 Å². The number of pyridine rings is 1. The molecule has 3 nitrogen and oxygen atoms in total. The third-order valence-corrected chi connectivity index (χ3v) is 3.39. The molecule has 1 aromatic heterocycles. The molecule has 1 saturated heterocycles. The molecule has 3 rings (SSSR count). The molecule has 0 spiro atoms. The Labute approximate surface area is 101 Å². The van der Waals surface area contributed by atoms with Crippen LogP contribution in [0.3, 0.4) is 0 Å².